The van der Waals surface area contributed by atoms with Gasteiger partial charge in [-0.2, -0.15) is 0 Å². The van der Waals surface area contributed by atoms with Crippen molar-refractivity contribution >= 4 is 134 Å². The van der Waals surface area contributed by atoms with E-state index < -0.39 is 94.2 Å². The Kier molecular flexibility index (Phi) is 39.0. The lowest BCUT2D eigenvalue weighted by atomic mass is 10.0. The van der Waals surface area contributed by atoms with Gasteiger partial charge in [0.15, 0.2) is 0 Å². The summed E-state index contributed by atoms with van der Waals surface area (Å²) in [5.74, 6) is -6.36. The number of nitrogens with two attached hydrogens (primary N) is 1. The summed E-state index contributed by atoms with van der Waals surface area (Å²) >= 11 is 0. The number of primary amides is 1. The minimum Gasteiger partial charge on any atom is -0.478 e. The number of amides is 1. The van der Waals surface area contributed by atoms with E-state index in [4.69, 9.17) is 34.2 Å². The third-order valence-electron chi connectivity index (χ3n) is 18.7. The Balaban J connectivity index is 0.000000181. The lowest BCUT2D eigenvalue weighted by molar-refractivity contribution is -0.135. The summed E-state index contributed by atoms with van der Waals surface area (Å²) in [6.45, 7) is 1.80. The first-order valence-corrected chi connectivity index (χ1v) is 48.0. The van der Waals surface area contributed by atoms with Crippen molar-refractivity contribution in [3.05, 3.63) is 214 Å². The van der Waals surface area contributed by atoms with E-state index in [2.05, 4.69) is 0 Å². The van der Waals surface area contributed by atoms with Gasteiger partial charge in [-0.3, -0.25) is 24.0 Å². The minimum absolute atomic E-state index is 0.00598. The zero-order chi connectivity index (χ0) is 85.3. The lowest BCUT2D eigenvalue weighted by Gasteiger charge is -2.12. The highest BCUT2D eigenvalue weighted by Crippen LogP contribution is 2.44. The van der Waals surface area contributed by atoms with Gasteiger partial charge >= 0.3 is 41.8 Å². The second-order valence-electron chi connectivity index (χ2n) is 27.4. The first kappa shape index (κ1) is 94.6. The first-order valence-electron chi connectivity index (χ1n) is 38.5. The summed E-state index contributed by atoms with van der Waals surface area (Å²) in [6.07, 6.45) is 16.7. The number of rotatable bonds is 33. The zero-order valence-electron chi connectivity index (χ0n) is 64.9. The predicted octanol–water partition coefficient (Wildman–Crippen LogP) is 23.8. The molecule has 16 nitrogen and oxygen atoms in total. The summed E-state index contributed by atoms with van der Waals surface area (Å²) < 4.78 is 140. The molecule has 0 bridgehead atoms. The number of carbonyl (C=O) groups is 8. The number of hydrogen-bond acceptors (Lipinski definition) is 22. The number of hydrogen-bond donors (Lipinski definition) is 2. The van der Waals surface area contributed by atoms with Crippen LogP contribution in [-0.2, 0) is 28.7 Å². The molecule has 1 amide bonds. The van der Waals surface area contributed by atoms with Crippen molar-refractivity contribution in [2.45, 2.75) is 156 Å². The monoisotopic (exact) mass is 1790 g/mol. The van der Waals surface area contributed by atoms with Crippen molar-refractivity contribution < 1.29 is 107 Å². The summed E-state index contributed by atoms with van der Waals surface area (Å²) in [4.78, 5) is 96.8. The second-order valence-corrected chi connectivity index (χ2v) is 38.6. The molecule has 0 aromatic heterocycles. The Hall–Kier alpha value is -8.24. The lowest BCUT2D eigenvalue weighted by Crippen LogP contribution is -2.16. The summed E-state index contributed by atoms with van der Waals surface area (Å²) in [5, 5.41) is 12.1. The number of benzene rings is 8. The first-order chi connectivity index (χ1) is 57.3. The second kappa shape index (κ2) is 49.0. The highest BCUT2D eigenvalue weighted by Gasteiger charge is 2.26. The maximum Gasteiger partial charge on any atom is 0.341 e. The van der Waals surface area contributed by atoms with E-state index in [0.29, 0.717) is 63.4 Å². The molecule has 8 aromatic carbocycles. The molecule has 0 unspecified atom stereocenters. The fraction of sp³-hybridized carbons (Fsp3) is 0.356. The standard InChI is InChI=1S/C23H24F2O4S2.C22H22F2O4S2.C21H21F2NO3S2.C21H20F2O4S2/c1-2-28-23(27)19-13-15(18-9-8-16(24)14-20(18)25)7-10-21(19)29-22(26)6-4-3-5-17-11-12-30-31-17;1-27-22(26)18-12-14(17-8-7-15(23)13-19(17)24)6-9-20(18)28-21(25)5-3-2-4-16-10-11-29-30-16;22-14-6-7-16(18(23)12-14)13-5-8-19(17(11-13)21(24)26)27-20(25)4-2-1-3-15-9-10-28-29-15;22-14-6-7-16(18(23)12-14)13-5-8-19(17(11-13)21(25)26)27-20(24)4-2-1-3-15-9-10-28-29-15/h7-10,13-14,17H,2-6,11-12H2,1H3;6-9,12-13,16H,2-5,10-11H2,1H3;5-8,11-12,15H,1-4,9-10H2,(H2,24,26);5-8,11-12,15H,1-4,9-10H2,(H,25,26)/t17-;16-;2*15-/m0000/s1. The quantitative estimate of drug-likeness (QED) is 0.0128. The molecular formula is C87H87F8NO15S8. The van der Waals surface area contributed by atoms with Crippen LogP contribution in [0.4, 0.5) is 35.1 Å². The van der Waals surface area contributed by atoms with Crippen LogP contribution in [0.3, 0.4) is 0 Å². The van der Waals surface area contributed by atoms with Crippen LogP contribution in [0, 0.1) is 46.5 Å². The number of carboxylic acid groups (broad SMARTS) is 1. The molecule has 0 spiro atoms. The Bertz CT molecular complexity index is 4690. The number of halogens is 8. The van der Waals surface area contributed by atoms with Crippen LogP contribution in [0.1, 0.15) is 177 Å². The molecule has 119 heavy (non-hydrogen) atoms. The molecule has 0 aliphatic carbocycles. The molecule has 634 valence electrons. The average Bonchev–Trinajstić information content (AvgIpc) is 1.03. The summed E-state index contributed by atoms with van der Waals surface area (Å²) in [6, 6.07) is 29.5. The Morgan fingerprint density at radius 3 is 0.882 bits per heavy atom. The molecule has 4 aliphatic heterocycles. The van der Waals surface area contributed by atoms with Crippen LogP contribution in [0.15, 0.2) is 146 Å². The SMILES string of the molecule is CCOC(=O)c1cc(-c2ccc(F)cc2F)ccc1OC(=O)CCCC[C@H]1CCSS1.COC(=O)c1cc(-c2ccc(F)cc2F)ccc1OC(=O)CCCC[C@H]1CCSS1.NC(=O)c1cc(-c2ccc(F)cc2F)ccc1OC(=O)CCCC[C@H]1CCSS1.O=C(CCCC[C@H]1CCSS1)Oc1ccc(-c2ccc(F)cc2F)cc1C(=O)O. The van der Waals surface area contributed by atoms with Crippen LogP contribution in [-0.4, -0.2) is 111 Å². The van der Waals surface area contributed by atoms with Crippen LogP contribution in [0.2, 0.25) is 0 Å². The Morgan fingerprint density at radius 1 is 0.361 bits per heavy atom. The van der Waals surface area contributed by atoms with Gasteiger partial charge in [-0.05, 0) is 203 Å². The number of esters is 6. The van der Waals surface area contributed by atoms with Crippen LogP contribution >= 0.6 is 86.4 Å². The van der Waals surface area contributed by atoms with Crippen molar-refractivity contribution in [2.24, 2.45) is 5.73 Å². The summed E-state index contributed by atoms with van der Waals surface area (Å²) in [7, 11) is 16.4. The fourth-order valence-corrected chi connectivity index (χ4v) is 24.7. The molecule has 0 radical (unpaired) electrons. The topological polar surface area (TPSA) is 238 Å². The number of methoxy groups -OCH3 is 1. The predicted molar refractivity (Wildman–Crippen MR) is 460 cm³/mol. The van der Waals surface area contributed by atoms with Crippen molar-refractivity contribution in [1.29, 1.82) is 0 Å². The maximum absolute atomic E-state index is 14.2. The van der Waals surface area contributed by atoms with Gasteiger partial charge in [0, 0.05) is 116 Å². The van der Waals surface area contributed by atoms with Crippen LogP contribution in [0.5, 0.6) is 23.0 Å². The number of carbonyl (C=O) groups excluding carboxylic acids is 7. The van der Waals surface area contributed by atoms with Crippen LogP contribution in [0.25, 0.3) is 44.5 Å². The summed E-state index contributed by atoms with van der Waals surface area (Å²) in [5.41, 5.74) is 6.89. The van der Waals surface area contributed by atoms with Gasteiger partial charge in [0.05, 0.1) is 19.3 Å². The van der Waals surface area contributed by atoms with Gasteiger partial charge in [0.1, 0.15) is 86.2 Å². The van der Waals surface area contributed by atoms with E-state index in [1.165, 1.54) is 153 Å². The van der Waals surface area contributed by atoms with Crippen molar-refractivity contribution in [1.82, 2.24) is 0 Å². The Morgan fingerprint density at radius 2 is 0.630 bits per heavy atom. The molecule has 8 aromatic rings. The smallest absolute Gasteiger partial charge is 0.341 e. The van der Waals surface area contributed by atoms with E-state index in [-0.39, 0.29) is 105 Å². The van der Waals surface area contributed by atoms with Gasteiger partial charge in [0.2, 0.25) is 0 Å². The normalized spacial score (nSPS) is 15.8. The number of aromatic carboxylic acids is 1. The van der Waals surface area contributed by atoms with Gasteiger partial charge in [-0.1, -0.05) is 136 Å². The molecule has 4 fully saturated rings. The third kappa shape index (κ3) is 30.4. The molecule has 32 heteroatoms. The molecule has 12 rings (SSSR count). The molecule has 4 aliphatic rings. The van der Waals surface area contributed by atoms with Crippen molar-refractivity contribution in [2.75, 3.05) is 36.7 Å². The molecule has 3 N–H and O–H groups in total. The van der Waals surface area contributed by atoms with Gasteiger partial charge in [-0.25, -0.2) is 49.5 Å². The average molecular weight is 1800 g/mol. The molecule has 4 heterocycles. The highest BCUT2D eigenvalue weighted by atomic mass is 33.1. The largest absolute Gasteiger partial charge is 0.478 e. The van der Waals surface area contributed by atoms with E-state index in [0.717, 1.165) is 99.9 Å². The van der Waals surface area contributed by atoms with Crippen molar-refractivity contribution in [3.63, 3.8) is 0 Å². The third-order valence-corrected chi connectivity index (χ3v) is 30.7. The van der Waals surface area contributed by atoms with E-state index >= 15 is 0 Å². The van der Waals surface area contributed by atoms with E-state index in [9.17, 15) is 78.6 Å². The van der Waals surface area contributed by atoms with Gasteiger partial charge < -0.3 is 39.3 Å². The Labute approximate surface area is 716 Å². The van der Waals surface area contributed by atoms with Gasteiger partial charge in [-0.15, -0.1) is 0 Å². The fourth-order valence-electron chi connectivity index (χ4n) is 12.6. The molecule has 0 saturated carbocycles. The zero-order valence-corrected chi connectivity index (χ0v) is 71.4. The van der Waals surface area contributed by atoms with Crippen molar-refractivity contribution in [3.8, 4) is 67.5 Å². The van der Waals surface area contributed by atoms with Crippen LogP contribution < -0.4 is 24.7 Å². The highest BCUT2D eigenvalue weighted by molar-refractivity contribution is 8.78. The molecular weight excluding hydrogens is 1710 g/mol. The van der Waals surface area contributed by atoms with Gasteiger partial charge in [0.25, 0.3) is 5.91 Å². The van der Waals surface area contributed by atoms with E-state index in [1.54, 1.807) is 6.92 Å². The maximum atomic E-state index is 14.2. The number of ether oxygens (including phenoxy) is 6. The van der Waals surface area contributed by atoms with E-state index in [1.807, 2.05) is 86.4 Å². The number of carboxylic acids is 1. The minimum atomic E-state index is -1.30. The number of unbranched alkanes of at least 4 members (excludes halogenated alkanes) is 4. The molecule has 4 atom stereocenters. The molecule has 4 saturated heterocycles.